The van der Waals surface area contributed by atoms with Crippen LogP contribution in [0.2, 0.25) is 0 Å². The van der Waals surface area contributed by atoms with E-state index in [9.17, 15) is 9.59 Å². The molecule has 0 radical (unpaired) electrons. The van der Waals surface area contributed by atoms with Crippen LogP contribution in [0, 0.1) is 0 Å². The number of carbonyl (C=O) groups is 2. The Morgan fingerprint density at radius 3 is 2.46 bits per heavy atom. The molecule has 4 heteroatoms. The summed E-state index contributed by atoms with van der Waals surface area (Å²) in [4.78, 5) is 24.5. The molecule has 0 amide bonds. The molecule has 0 bridgehead atoms. The van der Waals surface area contributed by atoms with Gasteiger partial charge in [0, 0.05) is 18.0 Å². The van der Waals surface area contributed by atoms with E-state index < -0.39 is 5.97 Å². The molecule has 0 saturated carbocycles. The van der Waals surface area contributed by atoms with Crippen LogP contribution >= 0.6 is 0 Å². The van der Waals surface area contributed by atoms with Gasteiger partial charge >= 0.3 is 5.97 Å². The highest BCUT2D eigenvalue weighted by atomic mass is 16.5. The molecule has 122 valence electrons. The highest BCUT2D eigenvalue weighted by molar-refractivity contribution is 6.07. The highest BCUT2D eigenvalue weighted by Gasteiger charge is 2.18. The quantitative estimate of drug-likeness (QED) is 0.665. The first-order valence-corrected chi connectivity index (χ1v) is 7.96. The van der Waals surface area contributed by atoms with Crippen LogP contribution in [0.15, 0.2) is 60.8 Å². The fourth-order valence-corrected chi connectivity index (χ4v) is 2.87. The van der Waals surface area contributed by atoms with Crippen LogP contribution in [0.4, 0.5) is 0 Å². The summed E-state index contributed by atoms with van der Waals surface area (Å²) in [6.45, 7) is 0. The monoisotopic (exact) mass is 321 g/mol. The second kappa shape index (κ2) is 7.13. The van der Waals surface area contributed by atoms with E-state index in [2.05, 4.69) is 12.1 Å². The van der Waals surface area contributed by atoms with Gasteiger partial charge in [-0.1, -0.05) is 48.5 Å². The number of benzene rings is 2. The minimum atomic E-state index is -0.429. The lowest BCUT2D eigenvalue weighted by molar-refractivity contribution is 0.0603. The highest BCUT2D eigenvalue weighted by Crippen LogP contribution is 2.22. The van der Waals surface area contributed by atoms with Gasteiger partial charge in [-0.15, -0.1) is 0 Å². The molecule has 24 heavy (non-hydrogen) atoms. The van der Waals surface area contributed by atoms with E-state index in [4.69, 9.17) is 4.74 Å². The molecular weight excluding hydrogens is 302 g/mol. The molecule has 3 aromatic rings. The fraction of sp³-hybridized carbons (Fsp3) is 0.200. The maximum absolute atomic E-state index is 12.6. The van der Waals surface area contributed by atoms with Gasteiger partial charge in [-0.05, 0) is 24.5 Å². The summed E-state index contributed by atoms with van der Waals surface area (Å²) < 4.78 is 6.37. The number of carbonyl (C=O) groups excluding carboxylic acids is 2. The minimum Gasteiger partial charge on any atom is -0.465 e. The van der Waals surface area contributed by atoms with Gasteiger partial charge in [-0.25, -0.2) is 4.79 Å². The van der Waals surface area contributed by atoms with E-state index >= 15 is 0 Å². The molecule has 0 aliphatic rings. The molecule has 1 aromatic heterocycles. The topological polar surface area (TPSA) is 48.3 Å². The van der Waals surface area contributed by atoms with Gasteiger partial charge in [0.15, 0.2) is 0 Å². The Kier molecular flexibility index (Phi) is 4.75. The molecule has 0 saturated heterocycles. The maximum Gasteiger partial charge on any atom is 0.340 e. The summed E-state index contributed by atoms with van der Waals surface area (Å²) in [5.74, 6) is -0.445. The van der Waals surface area contributed by atoms with Gasteiger partial charge in [0.25, 0.3) is 0 Å². The third kappa shape index (κ3) is 3.23. The van der Waals surface area contributed by atoms with Crippen LogP contribution < -0.4 is 0 Å². The van der Waals surface area contributed by atoms with Gasteiger partial charge in [0.2, 0.25) is 5.91 Å². The van der Waals surface area contributed by atoms with E-state index in [-0.39, 0.29) is 5.91 Å². The molecule has 0 aliphatic heterocycles. The largest absolute Gasteiger partial charge is 0.465 e. The third-order valence-corrected chi connectivity index (χ3v) is 4.08. The average Bonchev–Trinajstić information content (AvgIpc) is 3.02. The SMILES string of the molecule is COC(=O)c1cn(C(=O)CCCc2ccccc2)c2ccccc12. The zero-order valence-corrected chi connectivity index (χ0v) is 13.6. The summed E-state index contributed by atoms with van der Waals surface area (Å²) in [5, 5.41) is 0.737. The van der Waals surface area contributed by atoms with Crippen LogP contribution in [-0.4, -0.2) is 23.6 Å². The molecule has 0 unspecified atom stereocenters. The number of hydrogen-bond donors (Lipinski definition) is 0. The lowest BCUT2D eigenvalue weighted by Gasteiger charge is -2.04. The zero-order chi connectivity index (χ0) is 16.9. The van der Waals surface area contributed by atoms with Crippen molar-refractivity contribution in [2.45, 2.75) is 19.3 Å². The van der Waals surface area contributed by atoms with Crippen LogP contribution in [0.3, 0.4) is 0 Å². The van der Waals surface area contributed by atoms with Crippen molar-refractivity contribution < 1.29 is 14.3 Å². The van der Waals surface area contributed by atoms with Crippen LogP contribution in [0.25, 0.3) is 10.9 Å². The van der Waals surface area contributed by atoms with E-state index in [1.807, 2.05) is 42.5 Å². The number of para-hydroxylation sites is 1. The Hall–Kier alpha value is -2.88. The molecule has 0 aliphatic carbocycles. The van der Waals surface area contributed by atoms with Crippen LogP contribution in [0.1, 0.15) is 33.6 Å². The summed E-state index contributed by atoms with van der Waals surface area (Å²) in [7, 11) is 1.34. The summed E-state index contributed by atoms with van der Waals surface area (Å²) in [6.07, 6.45) is 3.63. The molecule has 0 atom stereocenters. The van der Waals surface area contributed by atoms with Gasteiger partial charge in [-0.2, -0.15) is 0 Å². The summed E-state index contributed by atoms with van der Waals surface area (Å²) in [5.41, 5.74) is 2.38. The van der Waals surface area contributed by atoms with Crippen molar-refractivity contribution in [3.8, 4) is 0 Å². The molecule has 0 fully saturated rings. The maximum atomic E-state index is 12.6. The second-order valence-electron chi connectivity index (χ2n) is 5.65. The first-order chi connectivity index (χ1) is 11.7. The van der Waals surface area contributed by atoms with Crippen molar-refractivity contribution in [2.75, 3.05) is 7.11 Å². The van der Waals surface area contributed by atoms with Crippen molar-refractivity contribution in [3.05, 3.63) is 71.9 Å². The summed E-state index contributed by atoms with van der Waals surface area (Å²) >= 11 is 0. The van der Waals surface area contributed by atoms with Crippen molar-refractivity contribution in [3.63, 3.8) is 0 Å². The number of fused-ring (bicyclic) bond motifs is 1. The van der Waals surface area contributed by atoms with Crippen molar-refractivity contribution in [1.82, 2.24) is 4.57 Å². The van der Waals surface area contributed by atoms with E-state index in [1.165, 1.54) is 12.7 Å². The normalized spacial score (nSPS) is 10.7. The van der Waals surface area contributed by atoms with Crippen molar-refractivity contribution >= 4 is 22.8 Å². The Bertz CT molecular complexity index is 865. The van der Waals surface area contributed by atoms with E-state index in [0.29, 0.717) is 12.0 Å². The number of hydrogen-bond acceptors (Lipinski definition) is 3. The Morgan fingerprint density at radius 2 is 1.71 bits per heavy atom. The molecule has 0 spiro atoms. The number of aromatic nitrogens is 1. The predicted octanol–water partition coefficient (Wildman–Crippen LogP) is 4.09. The number of rotatable bonds is 5. The third-order valence-electron chi connectivity index (χ3n) is 4.08. The van der Waals surface area contributed by atoms with E-state index in [0.717, 1.165) is 23.7 Å². The number of ether oxygens (including phenoxy) is 1. The number of methoxy groups -OCH3 is 1. The van der Waals surface area contributed by atoms with Gasteiger partial charge in [-0.3, -0.25) is 9.36 Å². The fourth-order valence-electron chi connectivity index (χ4n) is 2.87. The van der Waals surface area contributed by atoms with Crippen molar-refractivity contribution in [1.29, 1.82) is 0 Å². The number of esters is 1. The number of aryl methyl sites for hydroxylation is 1. The minimum absolute atomic E-state index is 0.0164. The molecule has 2 aromatic carbocycles. The molecule has 4 nitrogen and oxygen atoms in total. The van der Waals surface area contributed by atoms with Crippen LogP contribution in [0.5, 0.6) is 0 Å². The van der Waals surface area contributed by atoms with Gasteiger partial charge in [0.05, 0.1) is 18.2 Å². The van der Waals surface area contributed by atoms with Crippen LogP contribution in [-0.2, 0) is 11.2 Å². The average molecular weight is 321 g/mol. The zero-order valence-electron chi connectivity index (χ0n) is 13.6. The second-order valence-corrected chi connectivity index (χ2v) is 5.65. The number of nitrogens with zero attached hydrogens (tertiary/aromatic N) is 1. The molecule has 3 rings (SSSR count). The van der Waals surface area contributed by atoms with E-state index in [1.54, 1.807) is 10.8 Å². The Balaban J connectivity index is 1.78. The van der Waals surface area contributed by atoms with Crippen molar-refractivity contribution in [2.24, 2.45) is 0 Å². The van der Waals surface area contributed by atoms with Gasteiger partial charge < -0.3 is 4.74 Å². The lowest BCUT2D eigenvalue weighted by Crippen LogP contribution is -2.09. The Labute approximate surface area is 140 Å². The lowest BCUT2D eigenvalue weighted by atomic mass is 10.1. The molecular formula is C20H19NO3. The standard InChI is InChI=1S/C20H19NO3/c1-24-20(23)17-14-21(18-12-6-5-11-16(17)18)19(22)13-7-10-15-8-3-2-4-9-15/h2-6,8-9,11-12,14H,7,10,13H2,1H3. The Morgan fingerprint density at radius 1 is 1.00 bits per heavy atom. The molecule has 1 heterocycles. The van der Waals surface area contributed by atoms with Gasteiger partial charge in [0.1, 0.15) is 0 Å². The first-order valence-electron chi connectivity index (χ1n) is 7.96. The summed E-state index contributed by atoms with van der Waals surface area (Å²) in [6, 6.07) is 17.5. The first kappa shape index (κ1) is 16.0. The predicted molar refractivity (Wildman–Crippen MR) is 93.3 cm³/mol. The smallest absolute Gasteiger partial charge is 0.340 e. The molecule has 0 N–H and O–H groups in total.